The van der Waals surface area contributed by atoms with Gasteiger partial charge in [-0.3, -0.25) is 9.48 Å². The number of amides is 1. The van der Waals surface area contributed by atoms with E-state index in [-0.39, 0.29) is 5.91 Å². The quantitative estimate of drug-likeness (QED) is 0.720. The summed E-state index contributed by atoms with van der Waals surface area (Å²) in [7, 11) is 1.87. The standard InChI is InChI=1S/C16H14N6O/c1-20-9-13(8-19-20)12-6-15-14(2-4-18-22(15)10-12)21-5-3-11(7-17)16(21)23/h2,4,6,8-11H,3,5H2,1H3. The molecule has 0 saturated carbocycles. The number of aryl methyl sites for hydroxylation is 1. The van der Waals surface area contributed by atoms with Gasteiger partial charge in [-0.2, -0.15) is 15.5 Å². The smallest absolute Gasteiger partial charge is 0.244 e. The number of aromatic nitrogens is 4. The molecular formula is C16H14N6O. The zero-order chi connectivity index (χ0) is 16.0. The second-order valence-electron chi connectivity index (χ2n) is 5.64. The Bertz CT molecular complexity index is 947. The Labute approximate surface area is 132 Å². The topological polar surface area (TPSA) is 79.2 Å². The Morgan fingerprint density at radius 2 is 2.17 bits per heavy atom. The highest BCUT2D eigenvalue weighted by atomic mass is 16.2. The molecule has 0 radical (unpaired) electrons. The number of anilines is 1. The number of carbonyl (C=O) groups excluding carboxylic acids is 1. The van der Waals surface area contributed by atoms with E-state index >= 15 is 0 Å². The molecule has 1 saturated heterocycles. The van der Waals surface area contributed by atoms with E-state index in [4.69, 9.17) is 5.26 Å². The molecule has 1 amide bonds. The van der Waals surface area contributed by atoms with Gasteiger partial charge in [0.25, 0.3) is 0 Å². The number of hydrogen-bond acceptors (Lipinski definition) is 4. The molecule has 7 heteroatoms. The largest absolute Gasteiger partial charge is 0.309 e. The fraction of sp³-hybridized carbons (Fsp3) is 0.250. The van der Waals surface area contributed by atoms with Crippen LogP contribution in [0.1, 0.15) is 6.42 Å². The van der Waals surface area contributed by atoms with E-state index < -0.39 is 5.92 Å². The summed E-state index contributed by atoms with van der Waals surface area (Å²) in [6, 6.07) is 5.88. The first kappa shape index (κ1) is 13.5. The van der Waals surface area contributed by atoms with E-state index in [9.17, 15) is 4.79 Å². The summed E-state index contributed by atoms with van der Waals surface area (Å²) in [6.07, 6.45) is 7.88. The normalized spacial score (nSPS) is 17.8. The van der Waals surface area contributed by atoms with E-state index in [1.165, 1.54) is 0 Å². The van der Waals surface area contributed by atoms with E-state index in [0.717, 1.165) is 22.3 Å². The van der Waals surface area contributed by atoms with Crippen LogP contribution >= 0.6 is 0 Å². The van der Waals surface area contributed by atoms with Crippen molar-refractivity contribution in [2.24, 2.45) is 13.0 Å². The highest BCUT2D eigenvalue weighted by molar-refractivity contribution is 6.02. The van der Waals surface area contributed by atoms with Crippen molar-refractivity contribution in [3.05, 3.63) is 36.9 Å². The molecule has 1 aliphatic heterocycles. The average molecular weight is 306 g/mol. The van der Waals surface area contributed by atoms with Crippen LogP contribution < -0.4 is 4.90 Å². The van der Waals surface area contributed by atoms with Crippen molar-refractivity contribution < 1.29 is 4.79 Å². The third kappa shape index (κ3) is 2.07. The lowest BCUT2D eigenvalue weighted by molar-refractivity contribution is -0.118. The van der Waals surface area contributed by atoms with E-state index in [2.05, 4.69) is 16.3 Å². The van der Waals surface area contributed by atoms with Crippen LogP contribution in [-0.4, -0.2) is 31.8 Å². The average Bonchev–Trinajstić information content (AvgIpc) is 3.24. The second kappa shape index (κ2) is 4.95. The van der Waals surface area contributed by atoms with Crippen LogP contribution in [0.15, 0.2) is 36.9 Å². The number of carbonyl (C=O) groups is 1. The molecule has 1 aliphatic rings. The molecule has 0 bridgehead atoms. The minimum absolute atomic E-state index is 0.135. The van der Waals surface area contributed by atoms with Crippen molar-refractivity contribution in [3.8, 4) is 17.2 Å². The van der Waals surface area contributed by atoms with Crippen LogP contribution in [0.4, 0.5) is 5.69 Å². The molecule has 0 spiro atoms. The Morgan fingerprint density at radius 3 is 2.87 bits per heavy atom. The SMILES string of the molecule is Cn1cc(-c2cc3c(N4CCC(C#N)C4=O)ccnn3c2)cn1. The van der Waals surface area contributed by atoms with Gasteiger partial charge >= 0.3 is 0 Å². The lowest BCUT2D eigenvalue weighted by Crippen LogP contribution is -2.27. The predicted molar refractivity (Wildman–Crippen MR) is 83.5 cm³/mol. The van der Waals surface area contributed by atoms with Crippen molar-refractivity contribution in [2.45, 2.75) is 6.42 Å². The Balaban J connectivity index is 1.81. The van der Waals surface area contributed by atoms with Crippen LogP contribution in [0.25, 0.3) is 16.6 Å². The summed E-state index contributed by atoms with van der Waals surface area (Å²) < 4.78 is 3.50. The van der Waals surface area contributed by atoms with Gasteiger partial charge in [0, 0.05) is 43.3 Å². The van der Waals surface area contributed by atoms with Gasteiger partial charge in [0.2, 0.25) is 5.91 Å². The van der Waals surface area contributed by atoms with Crippen LogP contribution in [0, 0.1) is 17.2 Å². The number of nitrogens with zero attached hydrogens (tertiary/aromatic N) is 6. The molecule has 1 atom stereocenters. The highest BCUT2D eigenvalue weighted by Gasteiger charge is 2.33. The molecule has 0 aliphatic carbocycles. The summed E-state index contributed by atoms with van der Waals surface area (Å²) in [5.41, 5.74) is 3.62. The molecule has 4 rings (SSSR count). The first-order valence-corrected chi connectivity index (χ1v) is 7.35. The number of rotatable bonds is 2. The third-order valence-corrected chi connectivity index (χ3v) is 4.18. The zero-order valence-corrected chi connectivity index (χ0v) is 12.5. The first-order chi connectivity index (χ1) is 11.2. The molecule has 0 N–H and O–H groups in total. The van der Waals surface area contributed by atoms with E-state index in [1.807, 2.05) is 31.6 Å². The summed E-state index contributed by atoms with van der Waals surface area (Å²) in [4.78, 5) is 14.0. The van der Waals surface area contributed by atoms with Gasteiger partial charge < -0.3 is 4.90 Å². The zero-order valence-electron chi connectivity index (χ0n) is 12.5. The number of hydrogen-bond donors (Lipinski definition) is 0. The van der Waals surface area contributed by atoms with Gasteiger partial charge in [0.1, 0.15) is 5.92 Å². The molecule has 3 aromatic rings. The van der Waals surface area contributed by atoms with Crippen LogP contribution in [0.3, 0.4) is 0 Å². The van der Waals surface area contributed by atoms with Gasteiger partial charge in [-0.15, -0.1) is 0 Å². The fourth-order valence-electron chi connectivity index (χ4n) is 3.00. The lowest BCUT2D eigenvalue weighted by Gasteiger charge is -2.16. The maximum atomic E-state index is 12.3. The maximum Gasteiger partial charge on any atom is 0.244 e. The molecule has 114 valence electrons. The minimum Gasteiger partial charge on any atom is -0.309 e. The van der Waals surface area contributed by atoms with Gasteiger partial charge in [-0.1, -0.05) is 0 Å². The van der Waals surface area contributed by atoms with E-state index in [1.54, 1.807) is 26.5 Å². The molecular weight excluding hydrogens is 292 g/mol. The summed E-state index contributed by atoms with van der Waals surface area (Å²) in [5, 5.41) is 17.5. The van der Waals surface area contributed by atoms with Crippen molar-refractivity contribution >= 4 is 17.1 Å². The lowest BCUT2D eigenvalue weighted by atomic mass is 10.1. The molecule has 23 heavy (non-hydrogen) atoms. The van der Waals surface area contributed by atoms with Crippen molar-refractivity contribution in [1.82, 2.24) is 19.4 Å². The van der Waals surface area contributed by atoms with Crippen LogP contribution in [0.2, 0.25) is 0 Å². The van der Waals surface area contributed by atoms with Crippen molar-refractivity contribution in [1.29, 1.82) is 5.26 Å². The fourth-order valence-corrected chi connectivity index (χ4v) is 3.00. The molecule has 4 heterocycles. The maximum absolute atomic E-state index is 12.3. The summed E-state index contributed by atoms with van der Waals surface area (Å²) >= 11 is 0. The predicted octanol–water partition coefficient (Wildman–Crippen LogP) is 1.61. The van der Waals surface area contributed by atoms with Crippen molar-refractivity contribution in [2.75, 3.05) is 11.4 Å². The van der Waals surface area contributed by atoms with Gasteiger partial charge in [-0.05, 0) is 18.6 Å². The second-order valence-corrected chi connectivity index (χ2v) is 5.64. The highest BCUT2D eigenvalue weighted by Crippen LogP contribution is 2.31. The Kier molecular flexibility index (Phi) is 2.91. The first-order valence-electron chi connectivity index (χ1n) is 7.35. The van der Waals surface area contributed by atoms with Gasteiger partial charge in [-0.25, -0.2) is 4.52 Å². The van der Waals surface area contributed by atoms with Crippen LogP contribution in [-0.2, 0) is 11.8 Å². The monoisotopic (exact) mass is 306 g/mol. The number of fused-ring (bicyclic) bond motifs is 1. The summed E-state index contributed by atoms with van der Waals surface area (Å²) in [5.74, 6) is -0.680. The Morgan fingerprint density at radius 1 is 1.30 bits per heavy atom. The van der Waals surface area contributed by atoms with Crippen LogP contribution in [0.5, 0.6) is 0 Å². The molecule has 3 aromatic heterocycles. The Hall–Kier alpha value is -3.14. The van der Waals surface area contributed by atoms with Gasteiger partial charge in [0.15, 0.2) is 0 Å². The van der Waals surface area contributed by atoms with E-state index in [0.29, 0.717) is 13.0 Å². The van der Waals surface area contributed by atoms with Gasteiger partial charge in [0.05, 0.1) is 23.5 Å². The molecule has 1 fully saturated rings. The van der Waals surface area contributed by atoms with Crippen molar-refractivity contribution in [3.63, 3.8) is 0 Å². The minimum atomic E-state index is -0.545. The molecule has 7 nitrogen and oxygen atoms in total. The third-order valence-electron chi connectivity index (χ3n) is 4.18. The number of nitriles is 1. The molecule has 1 unspecified atom stereocenters. The summed E-state index contributed by atoms with van der Waals surface area (Å²) in [6.45, 7) is 0.560. The molecule has 0 aromatic carbocycles.